The normalized spacial score (nSPS) is 12.1. The predicted molar refractivity (Wildman–Crippen MR) is 81.0 cm³/mol. The number of alkyl halides is 1. The summed E-state index contributed by atoms with van der Waals surface area (Å²) in [5.74, 6) is 0.143. The van der Waals surface area contributed by atoms with Gasteiger partial charge in [-0.3, -0.25) is 4.79 Å². The minimum atomic E-state index is -0.612. The molecule has 5 nitrogen and oxygen atoms in total. The summed E-state index contributed by atoms with van der Waals surface area (Å²) < 4.78 is 1.85. The second-order valence-corrected chi connectivity index (χ2v) is 6.06. The number of carbonyl (C=O) groups is 1. The SMILES string of the molecule is CC(C)n1ncc2cc(NC(=O)C(C)(C)CCl)cnc21. The molecule has 0 saturated heterocycles. The molecule has 2 aromatic heterocycles. The number of halogens is 1. The van der Waals surface area contributed by atoms with Gasteiger partial charge in [-0.1, -0.05) is 0 Å². The van der Waals surface area contributed by atoms with Crippen molar-refractivity contribution in [1.82, 2.24) is 14.8 Å². The molecular formula is C14H19ClN4O. The van der Waals surface area contributed by atoms with Gasteiger partial charge in [0, 0.05) is 17.3 Å². The van der Waals surface area contributed by atoms with Crippen molar-refractivity contribution in [2.24, 2.45) is 5.41 Å². The quantitative estimate of drug-likeness (QED) is 0.881. The molecule has 0 aliphatic rings. The Morgan fingerprint density at radius 1 is 1.45 bits per heavy atom. The number of anilines is 1. The molecule has 2 heterocycles. The summed E-state index contributed by atoms with van der Waals surface area (Å²) in [6.45, 7) is 7.70. The standard InChI is InChI=1S/C14H19ClN4O/c1-9(2)19-12-10(6-17-19)5-11(7-16-12)18-13(20)14(3,4)8-15/h5-7,9H,8H2,1-4H3,(H,18,20). The van der Waals surface area contributed by atoms with Gasteiger partial charge in [0.15, 0.2) is 5.65 Å². The summed E-state index contributed by atoms with van der Waals surface area (Å²) in [6.07, 6.45) is 3.40. The Labute approximate surface area is 123 Å². The van der Waals surface area contributed by atoms with Gasteiger partial charge >= 0.3 is 0 Å². The number of hydrogen-bond acceptors (Lipinski definition) is 3. The average molecular weight is 295 g/mol. The van der Waals surface area contributed by atoms with E-state index < -0.39 is 5.41 Å². The van der Waals surface area contributed by atoms with Crippen molar-refractivity contribution in [2.45, 2.75) is 33.7 Å². The molecule has 6 heteroatoms. The van der Waals surface area contributed by atoms with Gasteiger partial charge in [-0.2, -0.15) is 5.10 Å². The Bertz CT molecular complexity index is 633. The number of carbonyl (C=O) groups excluding carboxylic acids is 1. The van der Waals surface area contributed by atoms with Gasteiger partial charge < -0.3 is 5.32 Å². The number of fused-ring (bicyclic) bond motifs is 1. The highest BCUT2D eigenvalue weighted by molar-refractivity contribution is 6.20. The van der Waals surface area contributed by atoms with Crippen LogP contribution in [0.4, 0.5) is 5.69 Å². The third-order valence-corrected chi connectivity index (χ3v) is 3.80. The molecule has 0 aliphatic carbocycles. The smallest absolute Gasteiger partial charge is 0.231 e. The van der Waals surface area contributed by atoms with Crippen LogP contribution in [0.3, 0.4) is 0 Å². The van der Waals surface area contributed by atoms with Gasteiger partial charge in [0.25, 0.3) is 0 Å². The molecule has 0 atom stereocenters. The molecule has 0 bridgehead atoms. The molecular weight excluding hydrogens is 276 g/mol. The molecule has 0 fully saturated rings. The van der Waals surface area contributed by atoms with Crippen molar-refractivity contribution in [3.05, 3.63) is 18.5 Å². The molecule has 0 radical (unpaired) electrons. The highest BCUT2D eigenvalue weighted by Crippen LogP contribution is 2.22. The second-order valence-electron chi connectivity index (χ2n) is 5.79. The largest absolute Gasteiger partial charge is 0.324 e. The minimum absolute atomic E-state index is 0.120. The molecule has 1 N–H and O–H groups in total. The van der Waals surface area contributed by atoms with Crippen LogP contribution in [-0.2, 0) is 4.79 Å². The summed E-state index contributed by atoms with van der Waals surface area (Å²) in [6, 6.07) is 2.12. The maximum Gasteiger partial charge on any atom is 0.231 e. The highest BCUT2D eigenvalue weighted by Gasteiger charge is 2.26. The van der Waals surface area contributed by atoms with E-state index in [4.69, 9.17) is 11.6 Å². The van der Waals surface area contributed by atoms with Crippen LogP contribution >= 0.6 is 11.6 Å². The molecule has 0 spiro atoms. The Morgan fingerprint density at radius 2 is 2.15 bits per heavy atom. The van der Waals surface area contributed by atoms with Crippen molar-refractivity contribution in [2.75, 3.05) is 11.2 Å². The lowest BCUT2D eigenvalue weighted by Gasteiger charge is -2.20. The second kappa shape index (κ2) is 5.40. The van der Waals surface area contributed by atoms with E-state index in [-0.39, 0.29) is 17.8 Å². The minimum Gasteiger partial charge on any atom is -0.324 e. The third kappa shape index (κ3) is 2.77. The zero-order valence-electron chi connectivity index (χ0n) is 12.1. The van der Waals surface area contributed by atoms with Gasteiger partial charge in [-0.25, -0.2) is 9.67 Å². The van der Waals surface area contributed by atoms with Crippen LogP contribution in [0.2, 0.25) is 0 Å². The maximum absolute atomic E-state index is 12.1. The fourth-order valence-corrected chi connectivity index (χ4v) is 1.87. The van der Waals surface area contributed by atoms with Crippen LogP contribution in [-0.4, -0.2) is 26.6 Å². The van der Waals surface area contributed by atoms with E-state index in [1.54, 1.807) is 26.2 Å². The zero-order valence-corrected chi connectivity index (χ0v) is 12.9. The number of nitrogens with one attached hydrogen (secondary N) is 1. The van der Waals surface area contributed by atoms with Gasteiger partial charge in [-0.15, -0.1) is 11.6 Å². The summed E-state index contributed by atoms with van der Waals surface area (Å²) in [5.41, 5.74) is 0.858. The Hall–Kier alpha value is -1.62. The monoisotopic (exact) mass is 294 g/mol. The highest BCUT2D eigenvalue weighted by atomic mass is 35.5. The number of amides is 1. The van der Waals surface area contributed by atoms with Crippen LogP contribution in [0.15, 0.2) is 18.5 Å². The van der Waals surface area contributed by atoms with E-state index >= 15 is 0 Å². The van der Waals surface area contributed by atoms with E-state index in [1.807, 2.05) is 24.6 Å². The van der Waals surface area contributed by atoms with Gasteiger partial charge in [0.2, 0.25) is 5.91 Å². The Kier molecular flexibility index (Phi) is 3.99. The number of rotatable bonds is 4. The van der Waals surface area contributed by atoms with Crippen LogP contribution in [0.5, 0.6) is 0 Å². The Morgan fingerprint density at radius 3 is 2.75 bits per heavy atom. The fraction of sp³-hybridized carbons (Fsp3) is 0.500. The average Bonchev–Trinajstić information content (AvgIpc) is 2.81. The van der Waals surface area contributed by atoms with Crippen LogP contribution in [0.25, 0.3) is 11.0 Å². The molecule has 1 amide bonds. The van der Waals surface area contributed by atoms with Crippen molar-refractivity contribution in [3.63, 3.8) is 0 Å². The predicted octanol–water partition coefficient (Wildman–Crippen LogP) is 3.22. The Balaban J connectivity index is 2.27. The summed E-state index contributed by atoms with van der Waals surface area (Å²) in [4.78, 5) is 16.4. The molecule has 2 rings (SSSR count). The third-order valence-electron chi connectivity index (χ3n) is 3.13. The lowest BCUT2D eigenvalue weighted by molar-refractivity contribution is -0.122. The van der Waals surface area contributed by atoms with Crippen molar-refractivity contribution in [1.29, 1.82) is 0 Å². The van der Waals surface area contributed by atoms with Gasteiger partial charge in [0.05, 0.1) is 23.5 Å². The van der Waals surface area contributed by atoms with E-state index in [9.17, 15) is 4.79 Å². The summed E-state index contributed by atoms with van der Waals surface area (Å²) in [7, 11) is 0. The number of hydrogen-bond donors (Lipinski definition) is 1. The zero-order chi connectivity index (χ0) is 14.9. The first kappa shape index (κ1) is 14.8. The van der Waals surface area contributed by atoms with Crippen molar-refractivity contribution < 1.29 is 4.79 Å². The first-order valence-corrected chi connectivity index (χ1v) is 7.09. The van der Waals surface area contributed by atoms with E-state index in [1.165, 1.54) is 0 Å². The van der Waals surface area contributed by atoms with Crippen LogP contribution < -0.4 is 5.32 Å². The molecule has 20 heavy (non-hydrogen) atoms. The van der Waals surface area contributed by atoms with Crippen molar-refractivity contribution >= 4 is 34.2 Å². The molecule has 0 saturated carbocycles. The van der Waals surface area contributed by atoms with E-state index in [2.05, 4.69) is 15.4 Å². The topological polar surface area (TPSA) is 59.8 Å². The number of pyridine rings is 1. The fourth-order valence-electron chi connectivity index (χ4n) is 1.75. The number of nitrogens with zero attached hydrogens (tertiary/aromatic N) is 3. The number of aromatic nitrogens is 3. The van der Waals surface area contributed by atoms with Crippen LogP contribution in [0.1, 0.15) is 33.7 Å². The summed E-state index contributed by atoms with van der Waals surface area (Å²) in [5, 5.41) is 8.04. The molecule has 2 aromatic rings. The van der Waals surface area contributed by atoms with E-state index in [0.717, 1.165) is 11.0 Å². The van der Waals surface area contributed by atoms with Crippen LogP contribution in [0, 0.1) is 5.41 Å². The van der Waals surface area contributed by atoms with Crippen molar-refractivity contribution in [3.8, 4) is 0 Å². The van der Waals surface area contributed by atoms with E-state index in [0.29, 0.717) is 5.69 Å². The van der Waals surface area contributed by atoms with Gasteiger partial charge in [-0.05, 0) is 33.8 Å². The maximum atomic E-state index is 12.1. The lowest BCUT2D eigenvalue weighted by Crippen LogP contribution is -2.32. The first-order chi connectivity index (χ1) is 9.35. The first-order valence-electron chi connectivity index (χ1n) is 6.56. The molecule has 0 aromatic carbocycles. The lowest BCUT2D eigenvalue weighted by atomic mass is 9.95. The van der Waals surface area contributed by atoms with Gasteiger partial charge in [0.1, 0.15) is 0 Å². The molecule has 108 valence electrons. The summed E-state index contributed by atoms with van der Waals surface area (Å²) >= 11 is 5.80. The molecule has 0 aliphatic heterocycles. The molecule has 0 unspecified atom stereocenters.